The van der Waals surface area contributed by atoms with E-state index in [2.05, 4.69) is 17.1 Å². The van der Waals surface area contributed by atoms with Gasteiger partial charge in [-0.2, -0.15) is 0 Å². The molecule has 0 aromatic heterocycles. The molecular formula is C20H23NO6. The van der Waals surface area contributed by atoms with Crippen LogP contribution in [0.1, 0.15) is 24.5 Å². The molecular weight excluding hydrogens is 350 g/mol. The third-order valence-electron chi connectivity index (χ3n) is 6.33. The van der Waals surface area contributed by atoms with Crippen LogP contribution in [0.3, 0.4) is 0 Å². The number of fused-ring (bicyclic) bond motifs is 2. The Bertz CT molecular complexity index is 836. The summed E-state index contributed by atoms with van der Waals surface area (Å²) in [6.45, 7) is 3.04. The first-order valence-electron chi connectivity index (χ1n) is 9.21. The summed E-state index contributed by atoms with van der Waals surface area (Å²) in [5.41, 5.74) is 1.73. The van der Waals surface area contributed by atoms with E-state index in [0.717, 1.165) is 17.5 Å². The summed E-state index contributed by atoms with van der Waals surface area (Å²) in [5.74, 6) is 1.79. The smallest absolute Gasteiger partial charge is 0.302 e. The molecule has 1 aromatic rings. The fraction of sp³-hybridized carbons (Fsp3) is 0.550. The lowest BCUT2D eigenvalue weighted by molar-refractivity contribution is -0.147. The molecule has 0 amide bonds. The molecule has 1 fully saturated rings. The predicted octanol–water partition coefficient (Wildman–Crippen LogP) is 1.77. The predicted molar refractivity (Wildman–Crippen MR) is 95.1 cm³/mol. The van der Waals surface area contributed by atoms with E-state index in [4.69, 9.17) is 23.7 Å². The van der Waals surface area contributed by atoms with Crippen molar-refractivity contribution in [1.29, 1.82) is 0 Å². The van der Waals surface area contributed by atoms with Gasteiger partial charge in [0.05, 0.1) is 18.6 Å². The Morgan fingerprint density at radius 1 is 1.33 bits per heavy atom. The SMILES string of the molecule is COc1c2c(cc3c1OCO3)[C@]13C=C[C@H](OC)C[C@H]1N(C2)C[C@@H]3OC(C)=O. The quantitative estimate of drug-likeness (QED) is 0.591. The van der Waals surface area contributed by atoms with E-state index < -0.39 is 5.41 Å². The Morgan fingerprint density at radius 2 is 2.19 bits per heavy atom. The monoisotopic (exact) mass is 373 g/mol. The van der Waals surface area contributed by atoms with E-state index >= 15 is 0 Å². The first-order valence-corrected chi connectivity index (χ1v) is 9.21. The first kappa shape index (κ1) is 16.9. The van der Waals surface area contributed by atoms with Crippen LogP contribution in [0.15, 0.2) is 18.2 Å². The van der Waals surface area contributed by atoms with Gasteiger partial charge in [0, 0.05) is 38.7 Å². The highest BCUT2D eigenvalue weighted by Crippen LogP contribution is 2.57. The van der Waals surface area contributed by atoms with Crippen LogP contribution >= 0.6 is 0 Å². The zero-order valence-corrected chi connectivity index (χ0v) is 15.7. The normalized spacial score (nSPS) is 34.8. The van der Waals surface area contributed by atoms with Crippen LogP contribution in [0.25, 0.3) is 0 Å². The molecule has 1 aromatic carbocycles. The van der Waals surface area contributed by atoms with Crippen LogP contribution in [-0.4, -0.2) is 56.7 Å². The molecule has 0 N–H and O–H groups in total. The molecule has 5 rings (SSSR count). The lowest BCUT2D eigenvalue weighted by Crippen LogP contribution is -2.53. The van der Waals surface area contributed by atoms with Crippen molar-refractivity contribution in [2.75, 3.05) is 27.6 Å². The van der Waals surface area contributed by atoms with Gasteiger partial charge in [0.2, 0.25) is 12.5 Å². The van der Waals surface area contributed by atoms with Gasteiger partial charge in [-0.1, -0.05) is 12.2 Å². The van der Waals surface area contributed by atoms with Crippen LogP contribution < -0.4 is 14.2 Å². The number of methoxy groups -OCH3 is 2. The highest BCUT2D eigenvalue weighted by Gasteiger charge is 2.61. The van der Waals surface area contributed by atoms with Crippen molar-refractivity contribution in [2.45, 2.75) is 43.6 Å². The molecule has 7 nitrogen and oxygen atoms in total. The highest BCUT2D eigenvalue weighted by molar-refractivity contribution is 5.68. The van der Waals surface area contributed by atoms with Gasteiger partial charge in [0.25, 0.3) is 0 Å². The van der Waals surface area contributed by atoms with Crippen LogP contribution in [0.2, 0.25) is 0 Å². The van der Waals surface area contributed by atoms with E-state index in [1.54, 1.807) is 14.2 Å². The highest BCUT2D eigenvalue weighted by atomic mass is 16.7. The standard InChI is InChI=1S/C20H23NO6/c1-11(22)27-17-9-21-8-13-14(7-15-19(18(13)24-3)26-10-25-15)20(17)5-4-12(23-2)6-16(20)21/h4-5,7,12,16-17H,6,8-10H2,1-3H3/t12-,16+,17-,20+/m0/s1. The molecule has 4 aliphatic rings. The number of hydrogen-bond donors (Lipinski definition) is 0. The molecule has 3 heterocycles. The van der Waals surface area contributed by atoms with Crippen molar-refractivity contribution in [3.63, 3.8) is 0 Å². The number of nitrogens with zero attached hydrogens (tertiary/aromatic N) is 1. The molecule has 1 unspecified atom stereocenters. The summed E-state index contributed by atoms with van der Waals surface area (Å²) in [6.07, 6.45) is 4.89. The second kappa shape index (κ2) is 5.87. The zero-order valence-electron chi connectivity index (χ0n) is 15.7. The second-order valence-electron chi connectivity index (χ2n) is 7.52. The maximum absolute atomic E-state index is 11.8. The third-order valence-corrected chi connectivity index (χ3v) is 6.33. The summed E-state index contributed by atoms with van der Waals surface area (Å²) < 4.78 is 28.5. The molecule has 144 valence electrons. The summed E-state index contributed by atoms with van der Waals surface area (Å²) >= 11 is 0. The summed E-state index contributed by atoms with van der Waals surface area (Å²) in [7, 11) is 3.38. The van der Waals surface area contributed by atoms with Crippen LogP contribution in [-0.2, 0) is 26.2 Å². The van der Waals surface area contributed by atoms with E-state index in [-0.39, 0.29) is 31.0 Å². The number of esters is 1. The fourth-order valence-electron chi connectivity index (χ4n) is 5.28. The number of hydrogen-bond acceptors (Lipinski definition) is 7. The van der Waals surface area contributed by atoms with Gasteiger partial charge in [0.15, 0.2) is 11.5 Å². The van der Waals surface area contributed by atoms with Crippen molar-refractivity contribution in [1.82, 2.24) is 4.90 Å². The molecule has 1 aliphatic carbocycles. The number of rotatable bonds is 3. The Kier molecular flexibility index (Phi) is 3.67. The van der Waals surface area contributed by atoms with Crippen LogP contribution in [0, 0.1) is 0 Å². The molecule has 7 heteroatoms. The van der Waals surface area contributed by atoms with Crippen molar-refractivity contribution < 1.29 is 28.5 Å². The van der Waals surface area contributed by atoms with Crippen molar-refractivity contribution in [3.05, 3.63) is 29.3 Å². The average Bonchev–Trinajstić information content (AvgIpc) is 3.21. The fourth-order valence-corrected chi connectivity index (χ4v) is 5.28. The molecule has 0 saturated carbocycles. The first-order chi connectivity index (χ1) is 13.1. The topological polar surface area (TPSA) is 66.5 Å². The lowest BCUT2D eigenvalue weighted by atomic mass is 9.65. The number of carbonyl (C=O) groups is 1. The molecule has 0 radical (unpaired) electrons. The Balaban J connectivity index is 1.74. The number of ether oxygens (including phenoxy) is 5. The Labute approximate surface area is 157 Å². The molecule has 3 aliphatic heterocycles. The molecule has 27 heavy (non-hydrogen) atoms. The van der Waals surface area contributed by atoms with Gasteiger partial charge < -0.3 is 23.7 Å². The molecule has 2 bridgehead atoms. The van der Waals surface area contributed by atoms with Crippen molar-refractivity contribution in [2.24, 2.45) is 0 Å². The Morgan fingerprint density at radius 3 is 2.93 bits per heavy atom. The van der Waals surface area contributed by atoms with Crippen molar-refractivity contribution in [3.8, 4) is 17.2 Å². The van der Waals surface area contributed by atoms with Gasteiger partial charge in [-0.25, -0.2) is 0 Å². The third kappa shape index (κ3) is 2.18. The van der Waals surface area contributed by atoms with E-state index in [1.807, 2.05) is 6.07 Å². The number of benzene rings is 1. The second-order valence-corrected chi connectivity index (χ2v) is 7.52. The molecule has 0 spiro atoms. The summed E-state index contributed by atoms with van der Waals surface area (Å²) in [5, 5.41) is 0. The summed E-state index contributed by atoms with van der Waals surface area (Å²) in [6, 6.07) is 2.23. The van der Waals surface area contributed by atoms with Crippen molar-refractivity contribution >= 4 is 5.97 Å². The number of carbonyl (C=O) groups excluding carboxylic acids is 1. The van der Waals surface area contributed by atoms with Gasteiger partial charge in [0.1, 0.15) is 6.10 Å². The minimum Gasteiger partial charge on any atom is -0.492 e. The van der Waals surface area contributed by atoms with Gasteiger partial charge in [-0.3, -0.25) is 9.69 Å². The largest absolute Gasteiger partial charge is 0.492 e. The average molecular weight is 373 g/mol. The van der Waals surface area contributed by atoms with Gasteiger partial charge >= 0.3 is 5.97 Å². The molecule has 1 saturated heterocycles. The minimum atomic E-state index is -0.442. The summed E-state index contributed by atoms with van der Waals surface area (Å²) in [4.78, 5) is 14.2. The van der Waals surface area contributed by atoms with Gasteiger partial charge in [-0.05, 0) is 18.1 Å². The maximum atomic E-state index is 11.8. The van der Waals surface area contributed by atoms with E-state index in [1.165, 1.54) is 6.92 Å². The lowest BCUT2D eigenvalue weighted by Gasteiger charge is -2.46. The zero-order chi connectivity index (χ0) is 18.8. The maximum Gasteiger partial charge on any atom is 0.302 e. The molecule has 5 atom stereocenters. The van der Waals surface area contributed by atoms with Crippen LogP contribution in [0.4, 0.5) is 0 Å². The van der Waals surface area contributed by atoms with Gasteiger partial charge in [-0.15, -0.1) is 0 Å². The Hall–Kier alpha value is -2.25. The van der Waals surface area contributed by atoms with E-state index in [9.17, 15) is 4.79 Å². The van der Waals surface area contributed by atoms with E-state index in [0.29, 0.717) is 30.3 Å². The van der Waals surface area contributed by atoms with Crippen LogP contribution in [0.5, 0.6) is 17.2 Å². The minimum absolute atomic E-state index is 0.0548.